The van der Waals surface area contributed by atoms with Crippen LogP contribution in [0.3, 0.4) is 0 Å². The van der Waals surface area contributed by atoms with Crippen LogP contribution in [-0.2, 0) is 21.1 Å². The lowest BCUT2D eigenvalue weighted by Crippen LogP contribution is -2.35. The van der Waals surface area contributed by atoms with E-state index in [1.807, 2.05) is 0 Å². The third-order valence-corrected chi connectivity index (χ3v) is 5.33. The molecule has 122 valence electrons. The first kappa shape index (κ1) is 15.6. The van der Waals surface area contributed by atoms with Crippen LogP contribution < -0.4 is 5.32 Å². The Morgan fingerprint density at radius 1 is 1.30 bits per heavy atom. The molecule has 1 aliphatic rings. The summed E-state index contributed by atoms with van der Waals surface area (Å²) >= 11 is 0. The van der Waals surface area contributed by atoms with Gasteiger partial charge in [-0.05, 0) is 18.6 Å². The number of aromatic nitrogens is 3. The molecule has 3 rings (SSSR count). The zero-order valence-electron chi connectivity index (χ0n) is 12.3. The Labute approximate surface area is 133 Å². The van der Waals surface area contributed by atoms with Gasteiger partial charge in [0.25, 0.3) is 0 Å². The SMILES string of the molecule is O=C(CCc1nnc(-c2ccncc2)o1)NC1CCS(=O)(=O)C1. The molecule has 1 fully saturated rings. The summed E-state index contributed by atoms with van der Waals surface area (Å²) in [5, 5.41) is 10.6. The first-order chi connectivity index (χ1) is 11.0. The topological polar surface area (TPSA) is 115 Å². The van der Waals surface area contributed by atoms with Crippen molar-refractivity contribution in [2.45, 2.75) is 25.3 Å². The van der Waals surface area contributed by atoms with Crippen molar-refractivity contribution in [2.75, 3.05) is 11.5 Å². The smallest absolute Gasteiger partial charge is 0.247 e. The molecule has 3 heterocycles. The molecule has 1 N–H and O–H groups in total. The first-order valence-corrected chi connectivity index (χ1v) is 9.06. The molecule has 0 saturated carbocycles. The molecule has 1 aliphatic heterocycles. The molecule has 1 atom stereocenters. The normalized spacial score (nSPS) is 19.6. The van der Waals surface area contributed by atoms with Crippen molar-refractivity contribution in [2.24, 2.45) is 0 Å². The van der Waals surface area contributed by atoms with Crippen molar-refractivity contribution >= 4 is 15.7 Å². The van der Waals surface area contributed by atoms with Crippen LogP contribution in [0.25, 0.3) is 11.5 Å². The van der Waals surface area contributed by atoms with E-state index in [2.05, 4.69) is 20.5 Å². The fraction of sp³-hybridized carbons (Fsp3) is 0.429. The van der Waals surface area contributed by atoms with Gasteiger partial charge in [-0.1, -0.05) is 0 Å². The van der Waals surface area contributed by atoms with E-state index in [9.17, 15) is 13.2 Å². The fourth-order valence-electron chi connectivity index (χ4n) is 2.39. The molecule has 23 heavy (non-hydrogen) atoms. The number of hydrogen-bond donors (Lipinski definition) is 1. The van der Waals surface area contributed by atoms with Crippen molar-refractivity contribution in [3.8, 4) is 11.5 Å². The number of sulfone groups is 1. The number of rotatable bonds is 5. The van der Waals surface area contributed by atoms with Gasteiger partial charge in [-0.3, -0.25) is 9.78 Å². The maximum atomic E-state index is 11.9. The number of amides is 1. The Hall–Kier alpha value is -2.29. The van der Waals surface area contributed by atoms with Gasteiger partial charge in [0, 0.05) is 36.8 Å². The van der Waals surface area contributed by atoms with Gasteiger partial charge in [0.15, 0.2) is 9.84 Å². The molecule has 2 aromatic heterocycles. The average Bonchev–Trinajstić information content (AvgIpc) is 3.13. The van der Waals surface area contributed by atoms with Crippen LogP contribution in [0.5, 0.6) is 0 Å². The Balaban J connectivity index is 1.51. The molecule has 0 radical (unpaired) electrons. The molecule has 1 unspecified atom stereocenters. The molecular weight excluding hydrogens is 320 g/mol. The highest BCUT2D eigenvalue weighted by atomic mass is 32.2. The molecule has 8 nitrogen and oxygen atoms in total. The fourth-order valence-corrected chi connectivity index (χ4v) is 4.07. The Kier molecular flexibility index (Phi) is 4.37. The highest BCUT2D eigenvalue weighted by molar-refractivity contribution is 7.91. The minimum absolute atomic E-state index is 0.0193. The summed E-state index contributed by atoms with van der Waals surface area (Å²) in [5.74, 6) is 0.689. The van der Waals surface area contributed by atoms with E-state index in [-0.39, 0.29) is 29.9 Å². The number of hydrogen-bond acceptors (Lipinski definition) is 7. The Bertz CT molecular complexity index is 788. The second-order valence-electron chi connectivity index (χ2n) is 5.40. The Morgan fingerprint density at radius 2 is 2.09 bits per heavy atom. The van der Waals surface area contributed by atoms with Crippen molar-refractivity contribution in [3.63, 3.8) is 0 Å². The zero-order chi connectivity index (χ0) is 16.3. The van der Waals surface area contributed by atoms with Crippen LogP contribution in [-0.4, -0.2) is 47.1 Å². The first-order valence-electron chi connectivity index (χ1n) is 7.24. The summed E-state index contributed by atoms with van der Waals surface area (Å²) < 4.78 is 28.2. The molecule has 2 aromatic rings. The summed E-state index contributed by atoms with van der Waals surface area (Å²) in [7, 11) is -3.00. The van der Waals surface area contributed by atoms with Crippen molar-refractivity contribution < 1.29 is 17.6 Å². The van der Waals surface area contributed by atoms with E-state index >= 15 is 0 Å². The summed E-state index contributed by atoms with van der Waals surface area (Å²) in [6.45, 7) is 0. The number of pyridine rings is 1. The van der Waals surface area contributed by atoms with Crippen LogP contribution in [0.2, 0.25) is 0 Å². The highest BCUT2D eigenvalue weighted by Crippen LogP contribution is 2.17. The van der Waals surface area contributed by atoms with Crippen molar-refractivity contribution in [1.29, 1.82) is 0 Å². The van der Waals surface area contributed by atoms with E-state index in [4.69, 9.17) is 4.42 Å². The van der Waals surface area contributed by atoms with Crippen LogP contribution >= 0.6 is 0 Å². The monoisotopic (exact) mass is 336 g/mol. The van der Waals surface area contributed by atoms with Crippen LogP contribution in [0, 0.1) is 0 Å². The average molecular weight is 336 g/mol. The van der Waals surface area contributed by atoms with Crippen molar-refractivity contribution in [3.05, 3.63) is 30.4 Å². The minimum atomic E-state index is -3.00. The molecular formula is C14H16N4O4S. The standard InChI is InChI=1S/C14H16N4O4S/c19-12(16-11-5-8-23(20,21)9-11)1-2-13-17-18-14(22-13)10-3-6-15-7-4-10/h3-4,6-7,11H,1-2,5,8-9H2,(H,16,19). The molecule has 0 aliphatic carbocycles. The maximum Gasteiger partial charge on any atom is 0.247 e. The van der Waals surface area contributed by atoms with Gasteiger partial charge in [0.2, 0.25) is 17.7 Å². The lowest BCUT2D eigenvalue weighted by atomic mass is 10.2. The minimum Gasteiger partial charge on any atom is -0.421 e. The zero-order valence-corrected chi connectivity index (χ0v) is 13.1. The van der Waals surface area contributed by atoms with Crippen LogP contribution in [0.1, 0.15) is 18.7 Å². The van der Waals surface area contributed by atoms with E-state index in [1.54, 1.807) is 24.5 Å². The molecule has 0 bridgehead atoms. The van der Waals surface area contributed by atoms with Crippen LogP contribution in [0.15, 0.2) is 28.9 Å². The third-order valence-electron chi connectivity index (χ3n) is 3.56. The summed E-state index contributed by atoms with van der Waals surface area (Å²) in [5.41, 5.74) is 0.763. The van der Waals surface area contributed by atoms with E-state index in [1.165, 1.54) is 0 Å². The lowest BCUT2D eigenvalue weighted by Gasteiger charge is -2.09. The van der Waals surface area contributed by atoms with Gasteiger partial charge in [-0.15, -0.1) is 10.2 Å². The number of carbonyl (C=O) groups is 1. The van der Waals surface area contributed by atoms with Gasteiger partial charge in [-0.2, -0.15) is 0 Å². The third kappa shape index (κ3) is 4.13. The lowest BCUT2D eigenvalue weighted by molar-refractivity contribution is -0.121. The number of carbonyl (C=O) groups excluding carboxylic acids is 1. The van der Waals surface area contributed by atoms with Gasteiger partial charge >= 0.3 is 0 Å². The highest BCUT2D eigenvalue weighted by Gasteiger charge is 2.28. The second kappa shape index (κ2) is 6.45. The quantitative estimate of drug-likeness (QED) is 0.838. The van der Waals surface area contributed by atoms with Crippen LogP contribution in [0.4, 0.5) is 0 Å². The Morgan fingerprint density at radius 3 is 2.78 bits per heavy atom. The van der Waals surface area contributed by atoms with E-state index in [0.717, 1.165) is 5.56 Å². The largest absolute Gasteiger partial charge is 0.421 e. The predicted molar refractivity (Wildman–Crippen MR) is 81.1 cm³/mol. The maximum absolute atomic E-state index is 11.9. The summed E-state index contributed by atoms with van der Waals surface area (Å²) in [6.07, 6.45) is 4.21. The second-order valence-corrected chi connectivity index (χ2v) is 7.63. The molecule has 0 aromatic carbocycles. The molecule has 1 saturated heterocycles. The van der Waals surface area contributed by atoms with E-state index < -0.39 is 9.84 Å². The van der Waals surface area contributed by atoms with Gasteiger partial charge < -0.3 is 9.73 Å². The van der Waals surface area contributed by atoms with E-state index in [0.29, 0.717) is 24.6 Å². The summed E-state index contributed by atoms with van der Waals surface area (Å²) in [4.78, 5) is 15.8. The number of aryl methyl sites for hydroxylation is 1. The molecule has 0 spiro atoms. The summed E-state index contributed by atoms with van der Waals surface area (Å²) in [6, 6.07) is 3.22. The van der Waals surface area contributed by atoms with Crippen molar-refractivity contribution in [1.82, 2.24) is 20.5 Å². The number of nitrogens with zero attached hydrogens (tertiary/aromatic N) is 3. The van der Waals surface area contributed by atoms with Gasteiger partial charge in [0.1, 0.15) is 0 Å². The predicted octanol–water partition coefficient (Wildman–Crippen LogP) is 0.367. The van der Waals surface area contributed by atoms with Gasteiger partial charge in [0.05, 0.1) is 11.5 Å². The van der Waals surface area contributed by atoms with Gasteiger partial charge in [-0.25, -0.2) is 8.42 Å². The molecule has 1 amide bonds. The number of nitrogens with one attached hydrogen (secondary N) is 1. The molecule has 9 heteroatoms.